The summed E-state index contributed by atoms with van der Waals surface area (Å²) in [4.78, 5) is 2.42. The smallest absolute Gasteiger partial charge is 0.134 e. The van der Waals surface area contributed by atoms with Gasteiger partial charge in [-0.1, -0.05) is 0 Å². The summed E-state index contributed by atoms with van der Waals surface area (Å²) in [5, 5.41) is 31.9. The van der Waals surface area contributed by atoms with E-state index in [4.69, 9.17) is 33.1 Å². The Labute approximate surface area is 188 Å². The quantitative estimate of drug-likeness (QED) is 0.296. The molecule has 5 rings (SSSR count). The first-order valence-corrected chi connectivity index (χ1v) is 10.9. The number of rotatable bonds is 2. The minimum absolute atomic E-state index is 0.0339. The average molecular weight is 465 g/mol. The van der Waals surface area contributed by atoms with Crippen LogP contribution >= 0.6 is 22.7 Å². The van der Waals surface area contributed by atoms with Crippen LogP contribution in [0.4, 0.5) is 8.78 Å². The minimum atomic E-state index is -0.600. The van der Waals surface area contributed by atoms with Gasteiger partial charge in [-0.2, -0.15) is 0 Å². The highest BCUT2D eigenvalue weighted by molar-refractivity contribution is 7.24. The lowest BCUT2D eigenvalue weighted by molar-refractivity contribution is 0.671. The Morgan fingerprint density at radius 3 is 1.47 bits per heavy atom. The van der Waals surface area contributed by atoms with Gasteiger partial charge in [-0.05, 0) is 36.4 Å². The number of allylic oxidation sites excluding steroid dienone is 8. The van der Waals surface area contributed by atoms with Crippen LogP contribution in [0.1, 0.15) is 20.9 Å². The van der Waals surface area contributed by atoms with Gasteiger partial charge in [0.2, 0.25) is 0 Å². The van der Waals surface area contributed by atoms with Crippen molar-refractivity contribution in [1.29, 1.82) is 21.6 Å². The lowest BCUT2D eigenvalue weighted by atomic mass is 9.96. The highest BCUT2D eigenvalue weighted by atomic mass is 32.1. The first-order valence-electron chi connectivity index (χ1n) is 9.25. The van der Waals surface area contributed by atoms with Gasteiger partial charge < -0.3 is 11.5 Å². The fourth-order valence-corrected chi connectivity index (χ4v) is 6.42. The molecule has 0 aromatic carbocycles. The zero-order valence-electron chi connectivity index (χ0n) is 16.2. The van der Waals surface area contributed by atoms with E-state index in [1.165, 1.54) is 34.8 Å². The molecule has 158 valence electrons. The molecule has 0 amide bonds. The van der Waals surface area contributed by atoms with Crippen molar-refractivity contribution in [2.24, 2.45) is 11.5 Å². The molecule has 0 unspecified atom stereocenters. The van der Waals surface area contributed by atoms with E-state index in [0.717, 1.165) is 21.9 Å². The highest BCUT2D eigenvalue weighted by Crippen LogP contribution is 2.55. The average Bonchev–Trinajstić information content (AvgIpc) is 3.39. The maximum absolute atomic E-state index is 14.5. The highest BCUT2D eigenvalue weighted by Gasteiger charge is 2.34. The van der Waals surface area contributed by atoms with Crippen LogP contribution in [0, 0.1) is 21.6 Å². The molecule has 10 heteroatoms. The van der Waals surface area contributed by atoms with E-state index in [1.807, 2.05) is 0 Å². The van der Waals surface area contributed by atoms with Crippen LogP contribution in [0.2, 0.25) is 0 Å². The molecule has 8 N–H and O–H groups in total. The summed E-state index contributed by atoms with van der Waals surface area (Å²) in [6, 6.07) is 3.41. The van der Waals surface area contributed by atoms with E-state index in [1.54, 1.807) is 12.1 Å². The van der Waals surface area contributed by atoms with E-state index in [9.17, 15) is 8.78 Å². The van der Waals surface area contributed by atoms with Crippen molar-refractivity contribution in [2.75, 3.05) is 0 Å². The fraction of sp³-hybridized carbons (Fsp3) is 0. The Balaban J connectivity index is 1.70. The van der Waals surface area contributed by atoms with Gasteiger partial charge in [0.15, 0.2) is 0 Å². The summed E-state index contributed by atoms with van der Waals surface area (Å²) >= 11 is 2.48. The van der Waals surface area contributed by atoms with Crippen molar-refractivity contribution in [1.82, 2.24) is 0 Å². The number of nitrogens with two attached hydrogens (primary N) is 2. The van der Waals surface area contributed by atoms with Crippen LogP contribution in [0.25, 0.3) is 26.5 Å². The topological polar surface area (TPSA) is 147 Å². The van der Waals surface area contributed by atoms with Gasteiger partial charge in [-0.3, -0.25) is 21.6 Å². The Kier molecular flexibility index (Phi) is 4.33. The van der Waals surface area contributed by atoms with E-state index in [2.05, 4.69) is 0 Å². The third kappa shape index (κ3) is 2.73. The molecular weight excluding hydrogens is 450 g/mol. The van der Waals surface area contributed by atoms with Crippen molar-refractivity contribution in [3.8, 4) is 9.75 Å². The van der Waals surface area contributed by atoms with Crippen molar-refractivity contribution in [2.45, 2.75) is 0 Å². The minimum Gasteiger partial charge on any atom is -0.385 e. The molecule has 0 spiro atoms. The summed E-state index contributed by atoms with van der Waals surface area (Å²) in [7, 11) is 0. The molecule has 0 saturated heterocycles. The molecule has 3 aliphatic carbocycles. The van der Waals surface area contributed by atoms with Gasteiger partial charge in [0.05, 0.1) is 43.7 Å². The number of hydrogen-bond donors (Lipinski definition) is 6. The van der Waals surface area contributed by atoms with E-state index >= 15 is 0 Å². The lowest BCUT2D eigenvalue weighted by Crippen LogP contribution is -2.15. The number of hydrogen-bond acceptors (Lipinski definition) is 8. The molecule has 0 fully saturated rings. The summed E-state index contributed by atoms with van der Waals surface area (Å²) < 4.78 is 29.1. The molecule has 32 heavy (non-hydrogen) atoms. The van der Waals surface area contributed by atoms with E-state index in [0.29, 0.717) is 26.5 Å². The van der Waals surface area contributed by atoms with Gasteiger partial charge in [-0.25, -0.2) is 8.78 Å². The summed E-state index contributed by atoms with van der Waals surface area (Å²) in [6.45, 7) is 0. The SMILES string of the molecule is N=C1C=CC(F)=C(c2cc3c(s2)-c2sc(C4=C(F)C=CC(=N)C4=N)cc2C3=C(N)N)C1=N. The first-order chi connectivity index (χ1) is 15.2. The van der Waals surface area contributed by atoms with Crippen molar-refractivity contribution >= 4 is 62.2 Å². The van der Waals surface area contributed by atoms with E-state index in [-0.39, 0.29) is 39.8 Å². The second-order valence-corrected chi connectivity index (χ2v) is 9.33. The number of halogens is 2. The maximum Gasteiger partial charge on any atom is 0.134 e. The molecule has 2 aromatic rings. The standard InChI is InChI=1S/C22H14F2N6S2/c23-9-1-3-11(25)18(27)16(9)13-5-7-15(22(29)30)8-6-14(32-21(8)20(7)31-13)17-10(24)2-4-12(26)19(17)28/h1-6,25-28H,29-30H2. The molecule has 0 saturated carbocycles. The van der Waals surface area contributed by atoms with E-state index < -0.39 is 11.7 Å². The van der Waals surface area contributed by atoms with Gasteiger partial charge in [0.1, 0.15) is 17.5 Å². The van der Waals surface area contributed by atoms with Crippen molar-refractivity contribution in [3.63, 3.8) is 0 Å². The largest absolute Gasteiger partial charge is 0.385 e. The molecule has 0 radical (unpaired) electrons. The Morgan fingerprint density at radius 1 is 0.688 bits per heavy atom. The monoisotopic (exact) mass is 464 g/mol. The second-order valence-electron chi connectivity index (χ2n) is 7.23. The zero-order chi connectivity index (χ0) is 22.9. The number of thiophene rings is 2. The maximum atomic E-state index is 14.5. The van der Waals surface area contributed by atoms with Crippen LogP contribution in [0.5, 0.6) is 0 Å². The van der Waals surface area contributed by atoms with Crippen molar-refractivity contribution in [3.05, 3.63) is 74.8 Å². The van der Waals surface area contributed by atoms with Crippen LogP contribution < -0.4 is 11.5 Å². The third-order valence-corrected chi connectivity index (χ3v) is 7.77. The first kappa shape index (κ1) is 20.2. The second kappa shape index (κ2) is 6.87. The van der Waals surface area contributed by atoms with Gasteiger partial charge in [0, 0.05) is 26.5 Å². The predicted octanol–water partition coefficient (Wildman–Crippen LogP) is 5.00. The molecular formula is C22H14F2N6S2. The molecule has 3 aliphatic rings. The Bertz CT molecular complexity index is 1370. The molecule has 6 nitrogen and oxygen atoms in total. The number of fused-ring (bicyclic) bond motifs is 3. The lowest BCUT2D eigenvalue weighted by Gasteiger charge is -2.11. The Hall–Kier alpha value is -3.76. The zero-order valence-corrected chi connectivity index (χ0v) is 17.8. The van der Waals surface area contributed by atoms with Crippen LogP contribution in [0.3, 0.4) is 0 Å². The molecule has 2 heterocycles. The van der Waals surface area contributed by atoms with Crippen molar-refractivity contribution < 1.29 is 8.78 Å². The van der Waals surface area contributed by atoms with Crippen LogP contribution in [-0.4, -0.2) is 22.8 Å². The normalized spacial score (nSPS) is 17.6. The summed E-state index contributed by atoms with van der Waals surface area (Å²) in [5.74, 6) is -1.16. The van der Waals surface area contributed by atoms with Crippen LogP contribution in [0.15, 0.2) is 53.9 Å². The molecule has 0 atom stereocenters. The molecule has 0 bridgehead atoms. The van der Waals surface area contributed by atoms with Gasteiger partial charge in [0.25, 0.3) is 0 Å². The third-order valence-electron chi connectivity index (χ3n) is 5.30. The predicted molar refractivity (Wildman–Crippen MR) is 127 cm³/mol. The summed E-state index contributed by atoms with van der Waals surface area (Å²) in [6.07, 6.45) is 4.80. The number of nitrogens with one attached hydrogen (secondary N) is 4. The van der Waals surface area contributed by atoms with Gasteiger partial charge >= 0.3 is 0 Å². The Morgan fingerprint density at radius 2 is 1.09 bits per heavy atom. The van der Waals surface area contributed by atoms with Crippen LogP contribution in [-0.2, 0) is 0 Å². The fourth-order valence-electron chi connectivity index (χ4n) is 3.83. The molecule has 2 aromatic heterocycles. The summed E-state index contributed by atoms with van der Waals surface area (Å²) in [5.41, 5.74) is 13.3. The molecule has 0 aliphatic heterocycles. The van der Waals surface area contributed by atoms with Gasteiger partial charge in [-0.15, -0.1) is 22.7 Å².